The molecule has 7 heteroatoms. The van der Waals surface area contributed by atoms with E-state index in [0.717, 1.165) is 16.6 Å². The molecule has 2 heterocycles. The molecule has 0 bridgehead atoms. The number of nitrogens with one attached hydrogen (secondary N) is 1. The lowest BCUT2D eigenvalue weighted by molar-refractivity contribution is -0.116. The number of aromatic nitrogens is 2. The summed E-state index contributed by atoms with van der Waals surface area (Å²) in [4.78, 5) is 26.3. The van der Waals surface area contributed by atoms with Gasteiger partial charge in [0, 0.05) is 30.7 Å². The fourth-order valence-corrected chi connectivity index (χ4v) is 3.50. The van der Waals surface area contributed by atoms with Gasteiger partial charge in [-0.15, -0.1) is 0 Å². The van der Waals surface area contributed by atoms with Gasteiger partial charge in [0.25, 0.3) is 0 Å². The maximum atomic E-state index is 13.3. The molecule has 28 heavy (non-hydrogen) atoms. The van der Waals surface area contributed by atoms with Crippen molar-refractivity contribution >= 4 is 28.4 Å². The molecule has 1 N–H and O–H groups in total. The molecule has 0 unspecified atom stereocenters. The van der Waals surface area contributed by atoms with Crippen LogP contribution in [0.1, 0.15) is 23.7 Å². The Hall–Kier alpha value is -3.48. The normalized spacial score (nSPS) is 16.6. The van der Waals surface area contributed by atoms with Gasteiger partial charge in [-0.25, -0.2) is 9.18 Å². The summed E-state index contributed by atoms with van der Waals surface area (Å²) in [6, 6.07) is 10.6. The predicted molar refractivity (Wildman–Crippen MR) is 104 cm³/mol. The first-order chi connectivity index (χ1) is 13.4. The lowest BCUT2D eigenvalue weighted by Gasteiger charge is -2.31. The number of halogens is 1. The van der Waals surface area contributed by atoms with Crippen LogP contribution in [-0.4, -0.2) is 26.5 Å². The molecule has 142 valence electrons. The molecule has 0 fully saturated rings. The summed E-state index contributed by atoms with van der Waals surface area (Å²) >= 11 is 0. The second kappa shape index (κ2) is 6.92. The Balaban J connectivity index is 1.61. The van der Waals surface area contributed by atoms with Crippen molar-refractivity contribution in [1.29, 1.82) is 0 Å². The molecule has 2 amide bonds. The second-order valence-corrected chi connectivity index (χ2v) is 6.83. The van der Waals surface area contributed by atoms with Gasteiger partial charge in [0.05, 0.1) is 17.3 Å². The lowest BCUT2D eigenvalue weighted by Crippen LogP contribution is -2.37. The van der Waals surface area contributed by atoms with Gasteiger partial charge in [-0.3, -0.25) is 14.4 Å². The quantitative estimate of drug-likeness (QED) is 0.731. The highest BCUT2D eigenvalue weighted by atomic mass is 19.1. The van der Waals surface area contributed by atoms with Crippen molar-refractivity contribution in [1.82, 2.24) is 14.7 Å². The number of anilines is 1. The SMILES string of the molecule is Cc1nn(C)c2cc(NC(=O)N3C=CC(=O)C[C@H]3c3ccc(F)cc3)ccc12. The first-order valence-electron chi connectivity index (χ1n) is 8.91. The standard InChI is InChI=1S/C21H19FN4O2/c1-13-18-8-7-16(11-20(18)25(2)24-13)23-21(28)26-10-9-17(27)12-19(26)14-3-5-15(22)6-4-14/h3-11,19H,12H2,1-2H3,(H,23,28)/t19-/m0/s1. The first-order valence-corrected chi connectivity index (χ1v) is 8.91. The van der Waals surface area contributed by atoms with Crippen molar-refractivity contribution in [3.8, 4) is 0 Å². The molecule has 3 aromatic rings. The largest absolute Gasteiger partial charge is 0.326 e. The Kier molecular flexibility index (Phi) is 4.43. The van der Waals surface area contributed by atoms with Crippen molar-refractivity contribution in [3.63, 3.8) is 0 Å². The van der Waals surface area contributed by atoms with Crippen LogP contribution < -0.4 is 5.32 Å². The highest BCUT2D eigenvalue weighted by molar-refractivity contribution is 5.97. The van der Waals surface area contributed by atoms with Crippen LogP contribution in [-0.2, 0) is 11.8 Å². The molecular weight excluding hydrogens is 359 g/mol. The summed E-state index contributed by atoms with van der Waals surface area (Å²) in [5.41, 5.74) is 3.16. The Labute approximate surface area is 161 Å². The molecule has 1 atom stereocenters. The number of ketones is 1. The molecule has 0 spiro atoms. The monoisotopic (exact) mass is 378 g/mol. The molecule has 0 aliphatic carbocycles. The number of urea groups is 1. The third kappa shape index (κ3) is 3.26. The molecule has 1 aliphatic rings. The lowest BCUT2D eigenvalue weighted by atomic mass is 9.97. The average molecular weight is 378 g/mol. The molecule has 0 saturated carbocycles. The van der Waals surface area contributed by atoms with Crippen LogP contribution in [0.15, 0.2) is 54.7 Å². The fourth-order valence-electron chi connectivity index (χ4n) is 3.50. The molecule has 1 aliphatic heterocycles. The van der Waals surface area contributed by atoms with E-state index in [2.05, 4.69) is 10.4 Å². The van der Waals surface area contributed by atoms with Crippen molar-refractivity contribution in [2.75, 3.05) is 5.32 Å². The van der Waals surface area contributed by atoms with Gasteiger partial charge >= 0.3 is 6.03 Å². The van der Waals surface area contributed by atoms with Crippen LogP contribution in [0.2, 0.25) is 0 Å². The van der Waals surface area contributed by atoms with Gasteiger partial charge in [-0.2, -0.15) is 5.10 Å². The van der Waals surface area contributed by atoms with Gasteiger partial charge < -0.3 is 5.32 Å². The van der Waals surface area contributed by atoms with E-state index in [1.807, 2.05) is 32.2 Å². The average Bonchev–Trinajstić information content (AvgIpc) is 2.95. The van der Waals surface area contributed by atoms with Gasteiger partial charge in [0.15, 0.2) is 5.78 Å². The predicted octanol–water partition coefficient (Wildman–Crippen LogP) is 4.08. The number of allylic oxidation sites excluding steroid dienone is 1. The van der Waals surface area contributed by atoms with Gasteiger partial charge in [0.2, 0.25) is 0 Å². The van der Waals surface area contributed by atoms with E-state index >= 15 is 0 Å². The van der Waals surface area contributed by atoms with Crippen LogP contribution in [0, 0.1) is 12.7 Å². The zero-order valence-corrected chi connectivity index (χ0v) is 15.5. The van der Waals surface area contributed by atoms with Crippen LogP contribution in [0.4, 0.5) is 14.9 Å². The minimum Gasteiger partial charge on any atom is -0.307 e. The number of fused-ring (bicyclic) bond motifs is 1. The Morgan fingerprint density at radius 1 is 1.21 bits per heavy atom. The van der Waals surface area contributed by atoms with Crippen LogP contribution in [0.3, 0.4) is 0 Å². The molecule has 4 rings (SSSR count). The third-order valence-corrected chi connectivity index (χ3v) is 4.93. The zero-order chi connectivity index (χ0) is 19.8. The summed E-state index contributed by atoms with van der Waals surface area (Å²) in [7, 11) is 1.85. The molecule has 0 saturated heterocycles. The molecule has 6 nitrogen and oxygen atoms in total. The first kappa shape index (κ1) is 17.9. The van der Waals surface area contributed by atoms with Gasteiger partial charge in [-0.05, 0) is 48.9 Å². The Bertz CT molecular complexity index is 1100. The summed E-state index contributed by atoms with van der Waals surface area (Å²) in [6.45, 7) is 1.93. The van der Waals surface area contributed by atoms with Crippen LogP contribution in [0.5, 0.6) is 0 Å². The minimum absolute atomic E-state index is 0.0786. The topological polar surface area (TPSA) is 67.2 Å². The van der Waals surface area contributed by atoms with Crippen molar-refractivity contribution < 1.29 is 14.0 Å². The summed E-state index contributed by atoms with van der Waals surface area (Å²) < 4.78 is 15.0. The van der Waals surface area contributed by atoms with Gasteiger partial charge in [0.1, 0.15) is 5.82 Å². The fraction of sp³-hybridized carbons (Fsp3) is 0.190. The number of hydrogen-bond acceptors (Lipinski definition) is 3. The number of nitrogens with zero attached hydrogens (tertiary/aromatic N) is 3. The van der Waals surface area contributed by atoms with E-state index in [9.17, 15) is 14.0 Å². The number of hydrogen-bond donors (Lipinski definition) is 1. The number of benzene rings is 2. The number of aryl methyl sites for hydroxylation is 2. The summed E-state index contributed by atoms with van der Waals surface area (Å²) in [6.07, 6.45) is 3.00. The minimum atomic E-state index is -0.485. The summed E-state index contributed by atoms with van der Waals surface area (Å²) in [5, 5.41) is 8.28. The zero-order valence-electron chi connectivity index (χ0n) is 15.5. The van der Waals surface area contributed by atoms with E-state index in [0.29, 0.717) is 11.3 Å². The number of carbonyl (C=O) groups excluding carboxylic acids is 2. The van der Waals surface area contributed by atoms with E-state index in [1.54, 1.807) is 16.8 Å². The van der Waals surface area contributed by atoms with Crippen LogP contribution >= 0.6 is 0 Å². The van der Waals surface area contributed by atoms with Crippen molar-refractivity contribution in [2.24, 2.45) is 7.05 Å². The van der Waals surface area contributed by atoms with E-state index in [1.165, 1.54) is 29.3 Å². The smallest absolute Gasteiger partial charge is 0.307 e. The van der Waals surface area contributed by atoms with Crippen molar-refractivity contribution in [3.05, 3.63) is 71.8 Å². The molecule has 1 aromatic heterocycles. The van der Waals surface area contributed by atoms with E-state index in [-0.39, 0.29) is 24.1 Å². The third-order valence-electron chi connectivity index (χ3n) is 4.93. The molecule has 0 radical (unpaired) electrons. The van der Waals surface area contributed by atoms with Gasteiger partial charge in [-0.1, -0.05) is 12.1 Å². The highest BCUT2D eigenvalue weighted by Gasteiger charge is 2.28. The Morgan fingerprint density at radius 2 is 1.96 bits per heavy atom. The second-order valence-electron chi connectivity index (χ2n) is 6.83. The number of carbonyl (C=O) groups is 2. The maximum Gasteiger partial charge on any atom is 0.326 e. The molecular formula is C21H19FN4O2. The summed E-state index contributed by atoms with van der Waals surface area (Å²) in [5.74, 6) is -0.442. The number of amides is 2. The van der Waals surface area contributed by atoms with E-state index < -0.39 is 6.04 Å². The van der Waals surface area contributed by atoms with E-state index in [4.69, 9.17) is 0 Å². The maximum absolute atomic E-state index is 13.3. The van der Waals surface area contributed by atoms with Crippen molar-refractivity contribution in [2.45, 2.75) is 19.4 Å². The number of rotatable bonds is 2. The van der Waals surface area contributed by atoms with Crippen LogP contribution in [0.25, 0.3) is 10.9 Å². The Morgan fingerprint density at radius 3 is 2.71 bits per heavy atom. The highest BCUT2D eigenvalue weighted by Crippen LogP contribution is 2.30. The molecule has 2 aromatic carbocycles.